The standard InChI is InChI=1S/C72H104O29/c1-31-11-13-35(14-12-31)15-18-46(79)97-57-33(3)92-66(61(59(57)93-34(4)76)94-41-23-32(2)48(80)52(84)50(41)82)100-62(89)37-25-68(5,6)24-36-38-16-17-44-69(7)21-20-45(70(8,29-74)43(69)19-22-71(44,9)72(38,10)26-39(77)47(36)37)96-67-60(99-65-55(87)53(85)51(83)42(27-73)95-65)58(56(88)64(101-67)91-30-75)98-63-54(86)49(81)40(78)28-90-63/h11-18,29-30,32-33,36-45,47-61,63-67,73,77-78,80-88H,19-28H2,1-10H3/b18-15+/t32?,33?,36-,37+,38?,39+,40?,41?,42?,43+,44+,45-,47?,48?,49?,50?,51?,52?,53?,54?,55?,56?,57?,58?,59?,60?,61?,63?,64?,65?,66?,67?,69-,70-,71+,72+/m0/s1. The molecule has 10 aliphatic rings. The van der Waals surface area contributed by atoms with Crippen LogP contribution in [-0.2, 0) is 80.8 Å². The highest BCUT2D eigenvalue weighted by atomic mass is 16.8. The molecule has 29 nitrogen and oxygen atoms in total. The number of ether oxygens (including phenoxy) is 12. The molecule has 26 unspecified atom stereocenters. The molecule has 9 fully saturated rings. The number of aliphatic hydroxyl groups is 12. The Morgan fingerprint density at radius 2 is 1.29 bits per heavy atom. The molecule has 0 amide bonds. The molecule has 0 bridgehead atoms. The molecule has 6 aliphatic carbocycles. The summed E-state index contributed by atoms with van der Waals surface area (Å²) in [5, 5.41) is 133. The van der Waals surface area contributed by atoms with Gasteiger partial charge in [0.15, 0.2) is 37.2 Å². The Labute approximate surface area is 586 Å². The van der Waals surface area contributed by atoms with Gasteiger partial charge >= 0.3 is 17.9 Å². The van der Waals surface area contributed by atoms with E-state index in [1.807, 2.05) is 31.2 Å². The average molecular weight is 1430 g/mol. The summed E-state index contributed by atoms with van der Waals surface area (Å²) in [6.07, 6.45) is -30.3. The van der Waals surface area contributed by atoms with Gasteiger partial charge in [-0.3, -0.25) is 14.4 Å². The lowest BCUT2D eigenvalue weighted by Gasteiger charge is -2.71. The van der Waals surface area contributed by atoms with Crippen LogP contribution in [0, 0.1) is 75.4 Å². The summed E-state index contributed by atoms with van der Waals surface area (Å²) < 4.78 is 73.3. The number of benzene rings is 1. The molecule has 566 valence electrons. The van der Waals surface area contributed by atoms with Gasteiger partial charge in [0.05, 0.1) is 55.1 Å². The van der Waals surface area contributed by atoms with Crippen LogP contribution in [0.4, 0.5) is 0 Å². The number of allylic oxidation sites excluding steroid dienone is 2. The van der Waals surface area contributed by atoms with E-state index in [0.29, 0.717) is 31.2 Å². The number of esters is 3. The molecule has 29 heteroatoms. The van der Waals surface area contributed by atoms with Gasteiger partial charge in [-0.15, -0.1) is 0 Å². The second-order valence-corrected chi connectivity index (χ2v) is 32.1. The summed E-state index contributed by atoms with van der Waals surface area (Å²) in [5.74, 6) is -5.77. The summed E-state index contributed by atoms with van der Waals surface area (Å²) in [7, 11) is 0. The van der Waals surface area contributed by atoms with Crippen LogP contribution in [-0.4, -0.2) is 259 Å². The zero-order valence-electron chi connectivity index (χ0n) is 58.6. The first-order valence-electron chi connectivity index (χ1n) is 35.4. The Hall–Kier alpha value is -4.55. The van der Waals surface area contributed by atoms with Crippen LogP contribution >= 0.6 is 0 Å². The van der Waals surface area contributed by atoms with Crippen molar-refractivity contribution in [2.24, 2.45) is 68.5 Å². The summed E-state index contributed by atoms with van der Waals surface area (Å²) in [4.78, 5) is 68.5. The highest BCUT2D eigenvalue weighted by molar-refractivity contribution is 5.87. The molecule has 1 aromatic rings. The van der Waals surface area contributed by atoms with Crippen LogP contribution in [0.1, 0.15) is 125 Å². The second kappa shape index (κ2) is 30.0. The predicted octanol–water partition coefficient (Wildman–Crippen LogP) is 0.290. The molecular weight excluding hydrogens is 1330 g/mol. The van der Waals surface area contributed by atoms with Gasteiger partial charge in [-0.05, 0) is 128 Å². The highest BCUT2D eigenvalue weighted by Gasteiger charge is 2.71. The first-order valence-corrected chi connectivity index (χ1v) is 35.4. The van der Waals surface area contributed by atoms with Crippen LogP contribution in [0.15, 0.2) is 42.5 Å². The normalized spacial score (nSPS) is 49.5. The molecule has 1 aromatic carbocycles. The quantitative estimate of drug-likeness (QED) is 0.0235. The molecule has 0 aromatic heterocycles. The molecule has 36 atom stereocenters. The Kier molecular flexibility index (Phi) is 23.0. The lowest BCUT2D eigenvalue weighted by atomic mass is 9.33. The molecule has 0 spiro atoms. The van der Waals surface area contributed by atoms with Crippen LogP contribution in [0.2, 0.25) is 0 Å². The number of fused-ring (bicyclic) bond motifs is 7. The molecule has 4 aliphatic heterocycles. The minimum Gasteiger partial charge on any atom is -0.455 e. The summed E-state index contributed by atoms with van der Waals surface area (Å²) >= 11 is 0. The van der Waals surface area contributed by atoms with E-state index < -0.39 is 235 Å². The summed E-state index contributed by atoms with van der Waals surface area (Å²) in [6.45, 7) is 17.3. The van der Waals surface area contributed by atoms with Crippen molar-refractivity contribution in [2.45, 2.75) is 274 Å². The van der Waals surface area contributed by atoms with E-state index in [1.165, 1.54) is 6.08 Å². The number of hydrogen-bond acceptors (Lipinski definition) is 29. The van der Waals surface area contributed by atoms with E-state index >= 15 is 4.79 Å². The predicted molar refractivity (Wildman–Crippen MR) is 345 cm³/mol. The number of hydrogen-bond donors (Lipinski definition) is 12. The van der Waals surface area contributed by atoms with E-state index in [0.717, 1.165) is 18.8 Å². The maximum atomic E-state index is 15.5. The smallest absolute Gasteiger partial charge is 0.331 e. The first kappa shape index (κ1) is 77.5. The molecule has 12 N–H and O–H groups in total. The van der Waals surface area contributed by atoms with Crippen LogP contribution in [0.3, 0.4) is 0 Å². The van der Waals surface area contributed by atoms with Gasteiger partial charge in [0.1, 0.15) is 79.5 Å². The van der Waals surface area contributed by atoms with Crippen LogP contribution in [0.25, 0.3) is 6.08 Å². The van der Waals surface area contributed by atoms with Crippen LogP contribution < -0.4 is 0 Å². The van der Waals surface area contributed by atoms with Gasteiger partial charge in [-0.1, -0.05) is 90.4 Å². The van der Waals surface area contributed by atoms with E-state index in [1.54, 1.807) is 26.8 Å². The number of carbonyl (C=O) groups excluding carboxylic acids is 5. The molecular formula is C72H104O29. The molecule has 4 saturated heterocycles. The van der Waals surface area contributed by atoms with E-state index in [4.69, 9.17) is 56.8 Å². The van der Waals surface area contributed by atoms with Crippen molar-refractivity contribution >= 4 is 36.7 Å². The second-order valence-electron chi connectivity index (χ2n) is 32.1. The Bertz CT molecular complexity index is 3150. The molecule has 4 heterocycles. The van der Waals surface area contributed by atoms with Gasteiger partial charge in [-0.25, -0.2) is 4.79 Å². The Morgan fingerprint density at radius 3 is 1.96 bits per heavy atom. The van der Waals surface area contributed by atoms with Crippen molar-refractivity contribution in [1.82, 2.24) is 0 Å². The van der Waals surface area contributed by atoms with Gasteiger partial charge in [-0.2, -0.15) is 0 Å². The topological polar surface area (TPSA) is 439 Å². The highest BCUT2D eigenvalue weighted by Crippen LogP contribution is 2.75. The zero-order valence-corrected chi connectivity index (χ0v) is 58.6. The molecule has 101 heavy (non-hydrogen) atoms. The van der Waals surface area contributed by atoms with Gasteiger partial charge in [0, 0.05) is 18.9 Å². The third-order valence-electron chi connectivity index (χ3n) is 25.2. The molecule has 11 rings (SSSR count). The fourth-order valence-electron chi connectivity index (χ4n) is 19.7. The number of carbonyl (C=O) groups is 5. The third kappa shape index (κ3) is 14.4. The lowest BCUT2D eigenvalue weighted by molar-refractivity contribution is -0.410. The van der Waals surface area contributed by atoms with Gasteiger partial charge in [0.2, 0.25) is 12.6 Å². The molecule has 5 saturated carbocycles. The van der Waals surface area contributed by atoms with Crippen molar-refractivity contribution in [3.05, 3.63) is 53.6 Å². The van der Waals surface area contributed by atoms with Gasteiger partial charge < -0.3 is 123 Å². The van der Waals surface area contributed by atoms with E-state index in [9.17, 15) is 80.5 Å². The minimum absolute atomic E-state index is 0.00356. The Morgan fingerprint density at radius 1 is 0.614 bits per heavy atom. The van der Waals surface area contributed by atoms with Crippen molar-refractivity contribution in [1.29, 1.82) is 0 Å². The summed E-state index contributed by atoms with van der Waals surface area (Å²) in [6, 6.07) is 7.38. The van der Waals surface area contributed by atoms with Crippen LogP contribution in [0.5, 0.6) is 0 Å². The Balaban J connectivity index is 0.862. The number of aliphatic hydroxyl groups excluding tert-OH is 12. The average Bonchev–Trinajstić information content (AvgIpc) is 0.676. The van der Waals surface area contributed by atoms with Crippen molar-refractivity contribution < 1.29 is 142 Å². The maximum absolute atomic E-state index is 15.5. The van der Waals surface area contributed by atoms with Crippen molar-refractivity contribution in [3.8, 4) is 0 Å². The third-order valence-corrected chi connectivity index (χ3v) is 25.2. The fraction of sp³-hybridized carbons (Fsp3) is 0.792. The van der Waals surface area contributed by atoms with E-state index in [2.05, 4.69) is 46.8 Å². The van der Waals surface area contributed by atoms with Gasteiger partial charge in [0.25, 0.3) is 6.47 Å². The van der Waals surface area contributed by atoms with Crippen molar-refractivity contribution in [2.75, 3.05) is 13.2 Å². The monoisotopic (exact) mass is 1430 g/mol. The van der Waals surface area contributed by atoms with E-state index in [-0.39, 0.29) is 49.9 Å². The number of aldehydes is 1. The molecule has 0 radical (unpaired) electrons. The number of rotatable bonds is 18. The SMILES string of the molecule is CC(=O)OC1C(OC(=O)/C=C/c2ccc(C)cc2)C(C)OC(OC(=O)[C@@H]2CC(C)(C)C[C@@H]3C2[C@H](O)C[C@]2(C)C3C=C[C@@H]3[C@@]4(C)CC[C@H](OC5OC(OC=O)C(O)C(OC6OCC(O)C(O)C6O)C5OC5OC(CO)C(O)C(O)C5O)[C@@](C)(C=O)[C@@H]4CC[C@]32C)C1OC1CC(C)C(O)C(O)C1O. The maximum Gasteiger partial charge on any atom is 0.331 e. The zero-order chi connectivity index (χ0) is 73.5. The fourth-order valence-corrected chi connectivity index (χ4v) is 19.7. The summed E-state index contributed by atoms with van der Waals surface area (Å²) in [5.41, 5.74) is -2.03. The largest absolute Gasteiger partial charge is 0.455 e. The number of aryl methyl sites for hydroxylation is 1. The van der Waals surface area contributed by atoms with Crippen molar-refractivity contribution in [3.63, 3.8) is 0 Å². The minimum atomic E-state index is -2.03. The first-order chi connectivity index (χ1) is 47.5. The lowest BCUT2D eigenvalue weighted by Crippen LogP contribution is -2.69.